The topological polar surface area (TPSA) is 114 Å². The minimum Gasteiger partial charge on any atom is -0.491 e. The van der Waals surface area contributed by atoms with Crippen molar-refractivity contribution >= 4 is 23.4 Å². The Morgan fingerprint density at radius 1 is 1.23 bits per heavy atom. The van der Waals surface area contributed by atoms with Gasteiger partial charge in [0, 0.05) is 57.4 Å². The summed E-state index contributed by atoms with van der Waals surface area (Å²) in [6, 6.07) is 6.16. The maximum Gasteiger partial charge on any atom is 0.277 e. The van der Waals surface area contributed by atoms with Gasteiger partial charge < -0.3 is 29.1 Å². The number of likely N-dealkylation sites (N-methyl/N-ethyl adjacent to an activating group) is 1. The van der Waals surface area contributed by atoms with Crippen LogP contribution in [0, 0.1) is 12.8 Å². The van der Waals surface area contributed by atoms with E-state index in [-0.39, 0.29) is 42.2 Å². The first kappa shape index (κ1) is 26.2. The number of aromatic nitrogens is 1. The highest BCUT2D eigenvalue weighted by molar-refractivity contribution is 6.03. The minimum atomic E-state index is -0.441. The molecular weight excluding hydrogens is 452 g/mol. The molecule has 3 rings (SSSR count). The number of carbonyl (C=O) groups excluding carboxylic acids is 3. The van der Waals surface area contributed by atoms with Gasteiger partial charge >= 0.3 is 0 Å². The van der Waals surface area contributed by atoms with E-state index in [0.717, 1.165) is 0 Å². The van der Waals surface area contributed by atoms with E-state index in [9.17, 15) is 14.4 Å². The Morgan fingerprint density at radius 2 is 1.97 bits per heavy atom. The molecule has 190 valence electrons. The van der Waals surface area contributed by atoms with Crippen LogP contribution in [-0.2, 0) is 9.53 Å². The third-order valence-electron chi connectivity index (χ3n) is 6.19. The van der Waals surface area contributed by atoms with Gasteiger partial charge in [0.15, 0.2) is 5.69 Å². The third-order valence-corrected chi connectivity index (χ3v) is 6.19. The number of fused-ring (bicyclic) bond motifs is 1. The first-order valence-corrected chi connectivity index (χ1v) is 11.7. The molecule has 1 aromatic carbocycles. The number of hydrogen-bond acceptors (Lipinski definition) is 7. The summed E-state index contributed by atoms with van der Waals surface area (Å²) in [4.78, 5) is 41.9. The van der Waals surface area contributed by atoms with Crippen molar-refractivity contribution in [3.05, 3.63) is 41.3 Å². The Kier molecular flexibility index (Phi) is 8.50. The van der Waals surface area contributed by atoms with Gasteiger partial charge in [-0.05, 0) is 26.0 Å². The molecule has 0 radical (unpaired) electrons. The van der Waals surface area contributed by atoms with Crippen molar-refractivity contribution in [2.24, 2.45) is 5.92 Å². The summed E-state index contributed by atoms with van der Waals surface area (Å²) in [5, 5.41) is 6.48. The molecule has 0 spiro atoms. The van der Waals surface area contributed by atoms with Crippen molar-refractivity contribution in [1.29, 1.82) is 0 Å². The number of methoxy groups -OCH3 is 1. The zero-order chi connectivity index (χ0) is 25.7. The fourth-order valence-corrected chi connectivity index (χ4v) is 4.07. The van der Waals surface area contributed by atoms with Gasteiger partial charge in [-0.3, -0.25) is 14.4 Å². The van der Waals surface area contributed by atoms with Gasteiger partial charge in [0.2, 0.25) is 5.91 Å². The number of benzene rings is 1. The van der Waals surface area contributed by atoms with E-state index >= 15 is 0 Å². The van der Waals surface area contributed by atoms with Crippen LogP contribution >= 0.6 is 0 Å². The molecule has 0 bridgehead atoms. The SMILES string of the molecule is CCC(=O)N1C[C@@H](C)[C@@H](OC)CN(C)C(=O)c2ccc(NC(=O)c3cc(C)on3)cc2OC[C@@H]1C. The summed E-state index contributed by atoms with van der Waals surface area (Å²) in [5.74, 6) is 0.193. The molecule has 3 amide bonds. The van der Waals surface area contributed by atoms with Crippen molar-refractivity contribution in [2.45, 2.75) is 46.3 Å². The van der Waals surface area contributed by atoms with Crippen LogP contribution in [0.4, 0.5) is 5.69 Å². The molecule has 1 aromatic heterocycles. The number of rotatable bonds is 4. The molecule has 0 saturated carbocycles. The van der Waals surface area contributed by atoms with Gasteiger partial charge in [0.05, 0.1) is 17.7 Å². The smallest absolute Gasteiger partial charge is 0.277 e. The van der Waals surface area contributed by atoms with Crippen molar-refractivity contribution in [3.8, 4) is 5.75 Å². The number of anilines is 1. The van der Waals surface area contributed by atoms with Crippen molar-refractivity contribution in [2.75, 3.05) is 39.2 Å². The average molecular weight is 487 g/mol. The maximum absolute atomic E-state index is 13.3. The van der Waals surface area contributed by atoms with E-state index in [2.05, 4.69) is 10.5 Å². The monoisotopic (exact) mass is 486 g/mol. The third kappa shape index (κ3) is 6.19. The molecule has 1 N–H and O–H groups in total. The first-order chi connectivity index (χ1) is 16.6. The van der Waals surface area contributed by atoms with Gasteiger partial charge in [0.25, 0.3) is 11.8 Å². The quantitative estimate of drug-likeness (QED) is 0.707. The second kappa shape index (κ2) is 11.4. The predicted molar refractivity (Wildman–Crippen MR) is 130 cm³/mol. The molecule has 35 heavy (non-hydrogen) atoms. The Hall–Kier alpha value is -3.40. The summed E-state index contributed by atoms with van der Waals surface area (Å²) in [6.07, 6.45) is 0.123. The van der Waals surface area contributed by atoms with E-state index in [4.69, 9.17) is 14.0 Å². The zero-order valence-corrected chi connectivity index (χ0v) is 21.2. The summed E-state index contributed by atoms with van der Waals surface area (Å²) < 4.78 is 16.7. The highest BCUT2D eigenvalue weighted by atomic mass is 16.5. The van der Waals surface area contributed by atoms with Crippen LogP contribution in [0.1, 0.15) is 53.8 Å². The van der Waals surface area contributed by atoms with Crippen LogP contribution in [0.5, 0.6) is 5.75 Å². The lowest BCUT2D eigenvalue weighted by atomic mass is 10.0. The van der Waals surface area contributed by atoms with E-state index in [1.165, 1.54) is 6.07 Å². The van der Waals surface area contributed by atoms with Crippen molar-refractivity contribution < 1.29 is 28.4 Å². The Labute approximate surface area is 205 Å². The van der Waals surface area contributed by atoms with Crippen molar-refractivity contribution in [1.82, 2.24) is 15.0 Å². The van der Waals surface area contributed by atoms with Crippen LogP contribution < -0.4 is 10.1 Å². The summed E-state index contributed by atoms with van der Waals surface area (Å²) in [6.45, 7) is 8.48. The number of carbonyl (C=O) groups is 3. The Balaban J connectivity index is 1.94. The lowest BCUT2D eigenvalue weighted by Gasteiger charge is -2.36. The first-order valence-electron chi connectivity index (χ1n) is 11.7. The molecule has 2 heterocycles. The largest absolute Gasteiger partial charge is 0.491 e. The second-order valence-electron chi connectivity index (χ2n) is 8.98. The molecule has 10 nitrogen and oxygen atoms in total. The Morgan fingerprint density at radius 3 is 2.60 bits per heavy atom. The normalized spacial score (nSPS) is 21.4. The average Bonchev–Trinajstić information content (AvgIpc) is 3.29. The van der Waals surface area contributed by atoms with Crippen LogP contribution in [0.25, 0.3) is 0 Å². The number of nitrogens with one attached hydrogen (secondary N) is 1. The standard InChI is InChI=1S/C25H34N4O6/c1-7-23(30)29-12-15(2)22(33-6)13-28(5)25(32)19-9-8-18(11-21(19)34-14-16(29)3)26-24(31)20-10-17(4)35-27-20/h8-11,15-16,22H,7,12-14H2,1-6H3,(H,26,31)/t15-,16+,22+/m1/s1. The number of amides is 3. The van der Waals surface area contributed by atoms with Crippen LogP contribution in [0.15, 0.2) is 28.8 Å². The molecule has 10 heteroatoms. The fourth-order valence-electron chi connectivity index (χ4n) is 4.07. The van der Waals surface area contributed by atoms with Gasteiger partial charge in [-0.1, -0.05) is 19.0 Å². The molecule has 0 saturated heterocycles. The molecule has 1 aliphatic rings. The Bertz CT molecular complexity index is 1070. The highest BCUT2D eigenvalue weighted by Gasteiger charge is 2.30. The highest BCUT2D eigenvalue weighted by Crippen LogP contribution is 2.27. The van der Waals surface area contributed by atoms with E-state index in [1.54, 1.807) is 49.1 Å². The van der Waals surface area contributed by atoms with Crippen LogP contribution in [0.3, 0.4) is 0 Å². The van der Waals surface area contributed by atoms with Crippen LogP contribution in [-0.4, -0.2) is 78.7 Å². The summed E-state index contributed by atoms with van der Waals surface area (Å²) in [7, 11) is 3.32. The molecule has 0 aliphatic carbocycles. The number of aryl methyl sites for hydroxylation is 1. The van der Waals surface area contributed by atoms with Crippen LogP contribution in [0.2, 0.25) is 0 Å². The second-order valence-corrected chi connectivity index (χ2v) is 8.98. The molecule has 2 aromatic rings. The molecule has 0 fully saturated rings. The lowest BCUT2D eigenvalue weighted by Crippen LogP contribution is -2.48. The molecule has 0 unspecified atom stereocenters. The number of ether oxygens (including phenoxy) is 2. The van der Waals surface area contributed by atoms with E-state index in [0.29, 0.717) is 42.3 Å². The maximum atomic E-state index is 13.3. The van der Waals surface area contributed by atoms with Crippen molar-refractivity contribution in [3.63, 3.8) is 0 Å². The minimum absolute atomic E-state index is 0.00449. The van der Waals surface area contributed by atoms with Gasteiger partial charge in [-0.15, -0.1) is 0 Å². The molecule has 1 aliphatic heterocycles. The fraction of sp³-hybridized carbons (Fsp3) is 0.520. The van der Waals surface area contributed by atoms with Gasteiger partial charge in [-0.2, -0.15) is 0 Å². The zero-order valence-electron chi connectivity index (χ0n) is 21.2. The van der Waals surface area contributed by atoms with Gasteiger partial charge in [0.1, 0.15) is 18.1 Å². The lowest BCUT2D eigenvalue weighted by molar-refractivity contribution is -0.135. The van der Waals surface area contributed by atoms with E-state index < -0.39 is 5.91 Å². The van der Waals surface area contributed by atoms with Gasteiger partial charge in [-0.25, -0.2) is 0 Å². The number of nitrogens with zero attached hydrogens (tertiary/aromatic N) is 3. The summed E-state index contributed by atoms with van der Waals surface area (Å²) >= 11 is 0. The number of hydrogen-bond donors (Lipinski definition) is 1. The molecular formula is C25H34N4O6. The summed E-state index contributed by atoms with van der Waals surface area (Å²) in [5.41, 5.74) is 0.940. The predicted octanol–water partition coefficient (Wildman–Crippen LogP) is 2.98. The van der Waals surface area contributed by atoms with E-state index in [1.807, 2.05) is 20.8 Å². The molecule has 3 atom stereocenters.